The Balaban J connectivity index is 2.05. The molecule has 2 heterocycles. The van der Waals surface area contributed by atoms with Crippen LogP contribution in [0.15, 0.2) is 0 Å². The molecule has 0 aliphatic carbocycles. The van der Waals surface area contributed by atoms with Crippen LogP contribution in [-0.4, -0.2) is 53.6 Å². The molecule has 3 nitrogen and oxygen atoms in total. The smallest absolute Gasteiger partial charge is 0.0361 e. The number of hydrogen-bond acceptors (Lipinski definition) is 3. The van der Waals surface area contributed by atoms with E-state index >= 15 is 0 Å². The molecule has 2 unspecified atom stereocenters. The van der Waals surface area contributed by atoms with Crippen molar-refractivity contribution in [3.05, 3.63) is 0 Å². The summed E-state index contributed by atoms with van der Waals surface area (Å²) >= 11 is 0. The number of fused-ring (bicyclic) bond motifs is 1. The summed E-state index contributed by atoms with van der Waals surface area (Å²) in [6.45, 7) is 11.6. The van der Waals surface area contributed by atoms with E-state index in [0.29, 0.717) is 6.04 Å². The lowest BCUT2D eigenvalue weighted by molar-refractivity contribution is -0.00953. The van der Waals surface area contributed by atoms with Gasteiger partial charge in [-0.25, -0.2) is 0 Å². The molecule has 118 valence electrons. The lowest BCUT2D eigenvalue weighted by Crippen LogP contribution is -2.62. The van der Waals surface area contributed by atoms with Crippen molar-refractivity contribution in [2.45, 2.75) is 83.3 Å². The van der Waals surface area contributed by atoms with E-state index in [0.717, 1.165) is 12.6 Å². The van der Waals surface area contributed by atoms with E-state index in [1.807, 2.05) is 0 Å². The van der Waals surface area contributed by atoms with Gasteiger partial charge in [0.2, 0.25) is 0 Å². The molecule has 0 radical (unpaired) electrons. The molecule has 0 aromatic heterocycles. The number of rotatable bonds is 7. The first-order valence-electron chi connectivity index (χ1n) is 8.84. The summed E-state index contributed by atoms with van der Waals surface area (Å²) in [5, 5.41) is 0. The largest absolute Gasteiger partial charge is 0.329 e. The van der Waals surface area contributed by atoms with Crippen LogP contribution in [0.2, 0.25) is 0 Å². The van der Waals surface area contributed by atoms with E-state index < -0.39 is 0 Å². The number of nitrogens with zero attached hydrogens (tertiary/aromatic N) is 2. The molecular weight excluding hydrogens is 246 g/mol. The Hall–Kier alpha value is -0.120. The van der Waals surface area contributed by atoms with Crippen molar-refractivity contribution in [1.82, 2.24) is 9.80 Å². The maximum atomic E-state index is 6.30. The van der Waals surface area contributed by atoms with Gasteiger partial charge in [-0.3, -0.25) is 4.90 Å². The van der Waals surface area contributed by atoms with Crippen molar-refractivity contribution < 1.29 is 0 Å². The normalized spacial score (nSPS) is 31.2. The first-order chi connectivity index (χ1) is 9.63. The van der Waals surface area contributed by atoms with Crippen molar-refractivity contribution in [2.75, 3.05) is 26.2 Å². The molecule has 0 aromatic carbocycles. The topological polar surface area (TPSA) is 32.5 Å². The Morgan fingerprint density at radius 2 is 2.10 bits per heavy atom. The Morgan fingerprint density at radius 1 is 1.30 bits per heavy atom. The summed E-state index contributed by atoms with van der Waals surface area (Å²) in [6, 6.07) is 1.42. The quantitative estimate of drug-likeness (QED) is 0.728. The highest BCUT2D eigenvalue weighted by molar-refractivity contribution is 5.02. The van der Waals surface area contributed by atoms with E-state index in [1.165, 1.54) is 64.6 Å². The standard InChI is InChI=1S/C17H35N3/c1-4-5-6-11-20(15(2)3)17(14-18)9-12-19-10-7-8-16(19)13-17/h15-16H,4-14,18H2,1-3H3. The first kappa shape index (κ1) is 16.3. The zero-order valence-corrected chi connectivity index (χ0v) is 13.9. The van der Waals surface area contributed by atoms with Crippen molar-refractivity contribution >= 4 is 0 Å². The van der Waals surface area contributed by atoms with Crippen LogP contribution in [0.5, 0.6) is 0 Å². The van der Waals surface area contributed by atoms with Gasteiger partial charge in [-0.15, -0.1) is 0 Å². The van der Waals surface area contributed by atoms with Gasteiger partial charge >= 0.3 is 0 Å². The number of unbranched alkanes of at least 4 members (excludes halogenated alkanes) is 2. The second-order valence-electron chi connectivity index (χ2n) is 7.21. The Morgan fingerprint density at radius 3 is 2.75 bits per heavy atom. The fourth-order valence-electron chi connectivity index (χ4n) is 4.45. The molecule has 2 N–H and O–H groups in total. The molecule has 2 fully saturated rings. The van der Waals surface area contributed by atoms with Crippen LogP contribution < -0.4 is 5.73 Å². The predicted molar refractivity (Wildman–Crippen MR) is 87.0 cm³/mol. The minimum absolute atomic E-state index is 0.271. The third kappa shape index (κ3) is 3.37. The van der Waals surface area contributed by atoms with Crippen LogP contribution in [0.3, 0.4) is 0 Å². The lowest BCUT2D eigenvalue weighted by atomic mass is 9.80. The number of hydrogen-bond donors (Lipinski definition) is 1. The summed E-state index contributed by atoms with van der Waals surface area (Å²) < 4.78 is 0. The highest BCUT2D eigenvalue weighted by Crippen LogP contribution is 2.37. The molecule has 2 saturated heterocycles. The molecule has 0 bridgehead atoms. The molecule has 20 heavy (non-hydrogen) atoms. The Kier molecular flexibility index (Phi) is 5.88. The molecule has 0 aromatic rings. The van der Waals surface area contributed by atoms with Gasteiger partial charge in [0, 0.05) is 30.7 Å². The maximum Gasteiger partial charge on any atom is 0.0361 e. The van der Waals surface area contributed by atoms with Crippen LogP contribution in [0.1, 0.15) is 65.7 Å². The minimum atomic E-state index is 0.271. The Labute approximate surface area is 125 Å². The van der Waals surface area contributed by atoms with Crippen LogP contribution in [0.4, 0.5) is 0 Å². The number of nitrogens with two attached hydrogens (primary N) is 1. The van der Waals surface area contributed by atoms with Crippen LogP contribution in [0.25, 0.3) is 0 Å². The molecule has 2 aliphatic heterocycles. The predicted octanol–water partition coefficient (Wildman–Crippen LogP) is 2.84. The fourth-order valence-corrected chi connectivity index (χ4v) is 4.45. The molecule has 2 atom stereocenters. The van der Waals surface area contributed by atoms with Crippen molar-refractivity contribution in [1.29, 1.82) is 0 Å². The van der Waals surface area contributed by atoms with Gasteiger partial charge in [-0.05, 0) is 59.0 Å². The van der Waals surface area contributed by atoms with Crippen LogP contribution in [-0.2, 0) is 0 Å². The van der Waals surface area contributed by atoms with Gasteiger partial charge < -0.3 is 10.6 Å². The zero-order valence-electron chi connectivity index (χ0n) is 13.9. The second kappa shape index (κ2) is 7.24. The average molecular weight is 281 g/mol. The first-order valence-corrected chi connectivity index (χ1v) is 8.84. The maximum absolute atomic E-state index is 6.30. The molecule has 2 rings (SSSR count). The third-order valence-corrected chi connectivity index (χ3v) is 5.59. The average Bonchev–Trinajstić information content (AvgIpc) is 2.90. The van der Waals surface area contributed by atoms with E-state index in [1.54, 1.807) is 0 Å². The summed E-state index contributed by atoms with van der Waals surface area (Å²) in [4.78, 5) is 5.46. The SMILES string of the molecule is CCCCCN(C(C)C)C1(CN)CCN2CCCC2C1. The monoisotopic (exact) mass is 281 g/mol. The molecule has 3 heteroatoms. The lowest BCUT2D eigenvalue weighted by Gasteiger charge is -2.52. The van der Waals surface area contributed by atoms with Crippen molar-refractivity contribution in [2.24, 2.45) is 5.73 Å². The molecular formula is C17H35N3. The minimum Gasteiger partial charge on any atom is -0.329 e. The highest BCUT2D eigenvalue weighted by Gasteiger charge is 2.44. The second-order valence-corrected chi connectivity index (χ2v) is 7.21. The molecule has 2 aliphatic rings. The van der Waals surface area contributed by atoms with Gasteiger partial charge in [0.25, 0.3) is 0 Å². The fraction of sp³-hybridized carbons (Fsp3) is 1.00. The molecule has 0 saturated carbocycles. The van der Waals surface area contributed by atoms with E-state index in [9.17, 15) is 0 Å². The third-order valence-electron chi connectivity index (χ3n) is 5.59. The summed E-state index contributed by atoms with van der Waals surface area (Å²) in [5.41, 5.74) is 6.58. The molecule has 0 spiro atoms. The Bertz CT molecular complexity index is 292. The van der Waals surface area contributed by atoms with Gasteiger partial charge in [0.1, 0.15) is 0 Å². The van der Waals surface area contributed by atoms with E-state index in [4.69, 9.17) is 5.73 Å². The summed E-state index contributed by atoms with van der Waals surface area (Å²) in [7, 11) is 0. The van der Waals surface area contributed by atoms with E-state index in [-0.39, 0.29) is 5.54 Å². The van der Waals surface area contributed by atoms with Gasteiger partial charge in [0.05, 0.1) is 0 Å². The van der Waals surface area contributed by atoms with Crippen molar-refractivity contribution in [3.63, 3.8) is 0 Å². The van der Waals surface area contributed by atoms with E-state index in [2.05, 4.69) is 30.6 Å². The van der Waals surface area contributed by atoms with Gasteiger partial charge in [-0.2, -0.15) is 0 Å². The van der Waals surface area contributed by atoms with Gasteiger partial charge in [-0.1, -0.05) is 19.8 Å². The van der Waals surface area contributed by atoms with Gasteiger partial charge in [0.15, 0.2) is 0 Å². The van der Waals surface area contributed by atoms with Crippen molar-refractivity contribution in [3.8, 4) is 0 Å². The highest BCUT2D eigenvalue weighted by atomic mass is 15.3. The van der Waals surface area contributed by atoms with Crippen LogP contribution in [0, 0.1) is 0 Å². The number of piperidine rings is 1. The van der Waals surface area contributed by atoms with Crippen LogP contribution >= 0.6 is 0 Å². The summed E-state index contributed by atoms with van der Waals surface area (Å²) in [5.74, 6) is 0. The molecule has 0 amide bonds. The zero-order chi connectivity index (χ0) is 14.6. The summed E-state index contributed by atoms with van der Waals surface area (Å²) in [6.07, 6.45) is 9.33.